The van der Waals surface area contributed by atoms with Crippen LogP contribution in [0.3, 0.4) is 0 Å². The van der Waals surface area contributed by atoms with Gasteiger partial charge in [-0.3, -0.25) is 24.0 Å². The van der Waals surface area contributed by atoms with E-state index in [0.717, 1.165) is 19.4 Å². The normalized spacial score (nSPS) is 17.2. The maximum atomic E-state index is 12.4. The van der Waals surface area contributed by atoms with Gasteiger partial charge in [-0.2, -0.15) is 5.10 Å². The number of benzene rings is 1. The zero-order chi connectivity index (χ0) is 27.5. The molecule has 2 rings (SSSR count). The fourth-order valence-electron chi connectivity index (χ4n) is 3.40. The van der Waals surface area contributed by atoms with Crippen LogP contribution in [0.5, 0.6) is 0 Å². The van der Waals surface area contributed by atoms with Crippen molar-refractivity contribution in [2.24, 2.45) is 5.10 Å². The average molecular weight is 555 g/mol. The molecule has 1 amide bonds. The number of amides is 1. The van der Waals surface area contributed by atoms with Gasteiger partial charge < -0.3 is 18.9 Å². The SMILES string of the molecule is CC(=O)OC[C@H](OC(C)=O)[C@H](OC(C)=O)[C@H](CC1SC(SCc2ccccc2)=NN1C(C)=O)OC(C)=O. The summed E-state index contributed by atoms with van der Waals surface area (Å²) in [5.41, 5.74) is 1.08. The van der Waals surface area contributed by atoms with Crippen molar-refractivity contribution in [3.05, 3.63) is 35.9 Å². The second-order valence-electron chi connectivity index (χ2n) is 7.98. The number of nitrogens with zero attached hydrogens (tertiary/aromatic N) is 2. The van der Waals surface area contributed by atoms with Gasteiger partial charge in [-0.25, -0.2) is 5.01 Å². The molecular weight excluding hydrogens is 524 g/mol. The topological polar surface area (TPSA) is 138 Å². The smallest absolute Gasteiger partial charge is 0.303 e. The second kappa shape index (κ2) is 14.6. The first-order chi connectivity index (χ1) is 17.5. The number of rotatable bonds is 11. The van der Waals surface area contributed by atoms with Crippen LogP contribution in [-0.4, -0.2) is 69.5 Å². The largest absolute Gasteiger partial charge is 0.462 e. The minimum atomic E-state index is -1.32. The van der Waals surface area contributed by atoms with Crippen LogP contribution in [0.2, 0.25) is 0 Å². The van der Waals surface area contributed by atoms with Crippen molar-refractivity contribution in [1.82, 2.24) is 5.01 Å². The van der Waals surface area contributed by atoms with E-state index in [1.807, 2.05) is 30.3 Å². The molecule has 11 nitrogen and oxygen atoms in total. The molecular formula is C24H30N2O9S2. The van der Waals surface area contributed by atoms with Crippen LogP contribution < -0.4 is 0 Å². The summed E-state index contributed by atoms with van der Waals surface area (Å²) in [6, 6.07) is 9.73. The molecule has 4 atom stereocenters. The van der Waals surface area contributed by atoms with Gasteiger partial charge in [0.25, 0.3) is 0 Å². The molecule has 0 N–H and O–H groups in total. The summed E-state index contributed by atoms with van der Waals surface area (Å²) in [6.07, 6.45) is -3.76. The second-order valence-corrected chi connectivity index (χ2v) is 10.4. The lowest BCUT2D eigenvalue weighted by molar-refractivity contribution is -0.190. The summed E-state index contributed by atoms with van der Waals surface area (Å²) in [6.45, 7) is 5.54. The minimum absolute atomic E-state index is 0.0154. The summed E-state index contributed by atoms with van der Waals surface area (Å²) in [5, 5.41) is 5.08. The van der Waals surface area contributed by atoms with E-state index < -0.39 is 54.2 Å². The van der Waals surface area contributed by atoms with Crippen molar-refractivity contribution < 1.29 is 42.9 Å². The van der Waals surface area contributed by atoms with E-state index >= 15 is 0 Å². The number of hydrogen-bond acceptors (Lipinski definition) is 12. The third-order valence-corrected chi connectivity index (χ3v) is 7.18. The fraction of sp³-hybridized carbons (Fsp3) is 0.500. The standard InChI is InChI=1S/C24H30N2O9S2/c1-14(27)26-22(37-24(25-26)36-13-19-9-7-6-8-10-19)11-20(33-16(3)29)23(35-18(5)31)21(34-17(4)30)12-32-15(2)28/h6-10,20-23H,11-13H2,1-5H3/t20-,21-,22?,23+/m0/s1. The molecule has 13 heteroatoms. The van der Waals surface area contributed by atoms with Gasteiger partial charge in [0, 0.05) is 46.8 Å². The summed E-state index contributed by atoms with van der Waals surface area (Å²) in [5.74, 6) is -2.50. The van der Waals surface area contributed by atoms with E-state index in [1.54, 1.807) is 0 Å². The number of carbonyl (C=O) groups excluding carboxylic acids is 5. The van der Waals surface area contributed by atoms with Gasteiger partial charge in [-0.05, 0) is 5.56 Å². The highest BCUT2D eigenvalue weighted by Crippen LogP contribution is 2.37. The highest BCUT2D eigenvalue weighted by atomic mass is 32.2. The summed E-state index contributed by atoms with van der Waals surface area (Å²) < 4.78 is 21.8. The maximum absolute atomic E-state index is 12.4. The number of esters is 4. The van der Waals surface area contributed by atoms with Gasteiger partial charge in [-0.15, -0.1) is 0 Å². The Balaban J connectivity index is 2.28. The number of thioether (sulfide) groups is 2. The van der Waals surface area contributed by atoms with Crippen molar-refractivity contribution in [3.63, 3.8) is 0 Å². The van der Waals surface area contributed by atoms with Gasteiger partial charge >= 0.3 is 23.9 Å². The maximum Gasteiger partial charge on any atom is 0.303 e. The van der Waals surface area contributed by atoms with E-state index in [9.17, 15) is 24.0 Å². The van der Waals surface area contributed by atoms with E-state index in [0.29, 0.717) is 10.1 Å². The lowest BCUT2D eigenvalue weighted by Crippen LogP contribution is -2.49. The molecule has 1 heterocycles. The molecule has 0 saturated carbocycles. The Morgan fingerprint density at radius 2 is 1.49 bits per heavy atom. The van der Waals surface area contributed by atoms with Crippen LogP contribution in [-0.2, 0) is 48.7 Å². The first-order valence-electron chi connectivity index (χ1n) is 11.3. The van der Waals surface area contributed by atoms with E-state index in [1.165, 1.54) is 49.3 Å². The monoisotopic (exact) mass is 554 g/mol. The fourth-order valence-corrected chi connectivity index (χ4v) is 5.76. The Morgan fingerprint density at radius 3 is 2.03 bits per heavy atom. The first-order valence-corrected chi connectivity index (χ1v) is 13.2. The van der Waals surface area contributed by atoms with Gasteiger partial charge in [-0.1, -0.05) is 53.9 Å². The highest BCUT2D eigenvalue weighted by Gasteiger charge is 2.42. The highest BCUT2D eigenvalue weighted by molar-refractivity contribution is 8.39. The molecule has 0 aromatic heterocycles. The Morgan fingerprint density at radius 1 is 0.892 bits per heavy atom. The predicted molar refractivity (Wildman–Crippen MR) is 137 cm³/mol. The molecule has 0 aliphatic carbocycles. The first kappa shape index (κ1) is 30.2. The van der Waals surface area contributed by atoms with Crippen molar-refractivity contribution in [2.45, 2.75) is 70.5 Å². The lowest BCUT2D eigenvalue weighted by Gasteiger charge is -2.33. The molecule has 1 aliphatic heterocycles. The zero-order valence-corrected chi connectivity index (χ0v) is 22.8. The average Bonchev–Trinajstić information content (AvgIpc) is 3.21. The van der Waals surface area contributed by atoms with Crippen molar-refractivity contribution in [3.8, 4) is 0 Å². The molecule has 1 aromatic rings. The van der Waals surface area contributed by atoms with Crippen molar-refractivity contribution >= 4 is 57.7 Å². The number of hydrogen-bond donors (Lipinski definition) is 0. The zero-order valence-electron chi connectivity index (χ0n) is 21.2. The molecule has 0 saturated heterocycles. The van der Waals surface area contributed by atoms with Crippen LogP contribution >= 0.6 is 23.5 Å². The van der Waals surface area contributed by atoms with Crippen LogP contribution in [0.1, 0.15) is 46.6 Å². The molecule has 0 fully saturated rings. The van der Waals surface area contributed by atoms with Crippen LogP contribution in [0, 0.1) is 0 Å². The molecule has 1 unspecified atom stereocenters. The van der Waals surface area contributed by atoms with Crippen LogP contribution in [0.4, 0.5) is 0 Å². The van der Waals surface area contributed by atoms with Gasteiger partial charge in [0.15, 0.2) is 16.6 Å². The molecule has 1 aromatic carbocycles. The van der Waals surface area contributed by atoms with E-state index in [4.69, 9.17) is 18.9 Å². The third-order valence-electron chi connectivity index (χ3n) is 4.78. The molecule has 202 valence electrons. The molecule has 0 bridgehead atoms. The third kappa shape index (κ3) is 10.4. The quantitative estimate of drug-likeness (QED) is 0.295. The van der Waals surface area contributed by atoms with Gasteiger partial charge in [0.05, 0.1) is 0 Å². The molecule has 0 radical (unpaired) electrons. The summed E-state index contributed by atoms with van der Waals surface area (Å²) in [7, 11) is 0. The minimum Gasteiger partial charge on any atom is -0.462 e. The Kier molecular flexibility index (Phi) is 11.9. The molecule has 1 aliphatic rings. The van der Waals surface area contributed by atoms with Gasteiger partial charge in [0.1, 0.15) is 18.1 Å². The Labute approximate surface area is 223 Å². The number of ether oxygens (including phenoxy) is 4. The Bertz CT molecular complexity index is 1020. The van der Waals surface area contributed by atoms with Crippen LogP contribution in [0.15, 0.2) is 35.4 Å². The predicted octanol–water partition coefficient (Wildman–Crippen LogP) is 2.86. The molecule has 37 heavy (non-hydrogen) atoms. The summed E-state index contributed by atoms with van der Waals surface area (Å²) >= 11 is 2.74. The summed E-state index contributed by atoms with van der Waals surface area (Å²) in [4.78, 5) is 59.5. The van der Waals surface area contributed by atoms with Gasteiger partial charge in [0.2, 0.25) is 5.91 Å². The molecule has 0 spiro atoms. The van der Waals surface area contributed by atoms with Crippen LogP contribution in [0.25, 0.3) is 0 Å². The van der Waals surface area contributed by atoms with E-state index in [-0.39, 0.29) is 12.3 Å². The van der Waals surface area contributed by atoms with E-state index in [2.05, 4.69) is 5.10 Å². The van der Waals surface area contributed by atoms with Crippen molar-refractivity contribution in [2.75, 3.05) is 6.61 Å². The Hall–Kier alpha value is -3.06. The lowest BCUT2D eigenvalue weighted by atomic mass is 10.0. The number of carbonyl (C=O) groups is 5. The van der Waals surface area contributed by atoms with Crippen molar-refractivity contribution in [1.29, 1.82) is 0 Å². The number of hydrazone groups is 1.